The molecule has 1 aromatic carbocycles. The van der Waals surface area contributed by atoms with Gasteiger partial charge in [-0.2, -0.15) is 5.26 Å². The number of anilines is 3. The van der Waals surface area contributed by atoms with Crippen molar-refractivity contribution < 1.29 is 4.79 Å². The lowest BCUT2D eigenvalue weighted by Crippen LogP contribution is -2.49. The van der Waals surface area contributed by atoms with E-state index in [1.165, 1.54) is 37.8 Å². The maximum absolute atomic E-state index is 12.2. The van der Waals surface area contributed by atoms with Gasteiger partial charge >= 0.3 is 0 Å². The normalized spacial score (nSPS) is 18.5. The second kappa shape index (κ2) is 9.82. The van der Waals surface area contributed by atoms with Crippen molar-refractivity contribution in [3.05, 3.63) is 48.2 Å². The Morgan fingerprint density at radius 1 is 1.06 bits per heavy atom. The van der Waals surface area contributed by atoms with Crippen molar-refractivity contribution in [3.63, 3.8) is 0 Å². The second-order valence-electron chi connectivity index (χ2n) is 8.71. The van der Waals surface area contributed by atoms with Crippen LogP contribution >= 0.6 is 0 Å². The molecule has 1 aromatic heterocycles. The Balaban J connectivity index is 0.000000177. The smallest absolute Gasteiger partial charge is 0.246 e. The Kier molecular flexibility index (Phi) is 6.71. The van der Waals surface area contributed by atoms with Crippen LogP contribution in [-0.4, -0.2) is 37.1 Å². The zero-order chi connectivity index (χ0) is 21.6. The van der Waals surface area contributed by atoms with Crippen LogP contribution in [0.3, 0.4) is 0 Å². The fourth-order valence-electron chi connectivity index (χ4n) is 4.27. The van der Waals surface area contributed by atoms with E-state index in [0.29, 0.717) is 18.3 Å². The van der Waals surface area contributed by atoms with E-state index in [0.717, 1.165) is 36.8 Å². The highest BCUT2D eigenvalue weighted by molar-refractivity contribution is 6.02. The Morgan fingerprint density at radius 2 is 1.81 bits per heavy atom. The van der Waals surface area contributed by atoms with Crippen molar-refractivity contribution in [1.82, 2.24) is 4.98 Å². The fraction of sp³-hybridized carbons (Fsp3) is 0.480. The number of para-hydroxylation sites is 1. The molecule has 1 aliphatic heterocycles. The quantitative estimate of drug-likeness (QED) is 0.788. The van der Waals surface area contributed by atoms with E-state index in [-0.39, 0.29) is 5.91 Å². The lowest BCUT2D eigenvalue weighted by molar-refractivity contribution is -0.117. The van der Waals surface area contributed by atoms with E-state index >= 15 is 0 Å². The monoisotopic (exact) mass is 417 g/mol. The summed E-state index contributed by atoms with van der Waals surface area (Å²) in [5.41, 5.74) is 2.47. The molecule has 3 aliphatic rings. The molecule has 162 valence electrons. The van der Waals surface area contributed by atoms with Gasteiger partial charge in [0.1, 0.15) is 11.8 Å². The summed E-state index contributed by atoms with van der Waals surface area (Å²) in [5.74, 6) is 1.84. The number of hydrogen-bond donors (Lipinski definition) is 1. The van der Waals surface area contributed by atoms with Gasteiger partial charge in [-0.05, 0) is 55.9 Å². The molecule has 0 bridgehead atoms. The zero-order valence-electron chi connectivity index (χ0n) is 18.3. The lowest BCUT2D eigenvalue weighted by Gasteiger charge is -2.40. The van der Waals surface area contributed by atoms with Gasteiger partial charge in [0, 0.05) is 25.3 Å². The Hall–Kier alpha value is -3.07. The predicted molar refractivity (Wildman–Crippen MR) is 124 cm³/mol. The average Bonchev–Trinajstić information content (AvgIpc) is 3.66. The molecule has 6 heteroatoms. The van der Waals surface area contributed by atoms with Gasteiger partial charge in [-0.1, -0.05) is 37.5 Å². The topological polar surface area (TPSA) is 72.3 Å². The molecule has 0 saturated heterocycles. The number of aromatic nitrogens is 1. The number of amides is 1. The molecule has 2 heterocycles. The van der Waals surface area contributed by atoms with Crippen molar-refractivity contribution >= 4 is 23.1 Å². The molecule has 5 rings (SSSR count). The van der Waals surface area contributed by atoms with Crippen LogP contribution in [0.2, 0.25) is 0 Å². The van der Waals surface area contributed by atoms with E-state index in [1.807, 2.05) is 12.1 Å². The lowest BCUT2D eigenvalue weighted by atomic mass is 9.93. The number of pyridine rings is 1. The van der Waals surface area contributed by atoms with Gasteiger partial charge in [0.15, 0.2) is 5.82 Å². The standard InChI is InChI=1S/C15H18N4O.C10H13N/c1-18-13-8-7-11(9-16)17-15(13)19(10-14(18)20)12-5-3-2-4-6-12;1-2-4-10(5-3-1)11-8-9-6-7-9/h7-8,12H,2-6,10H2,1H3;1-5,9,11H,6-8H2. The summed E-state index contributed by atoms with van der Waals surface area (Å²) in [6, 6.07) is 16.4. The number of nitriles is 1. The molecule has 31 heavy (non-hydrogen) atoms. The minimum absolute atomic E-state index is 0.0922. The molecule has 0 atom stereocenters. The fourth-order valence-corrected chi connectivity index (χ4v) is 4.27. The summed E-state index contributed by atoms with van der Waals surface area (Å²) >= 11 is 0. The first kappa shape index (κ1) is 21.2. The van der Waals surface area contributed by atoms with Crippen LogP contribution < -0.4 is 15.1 Å². The molecule has 1 N–H and O–H groups in total. The summed E-state index contributed by atoms with van der Waals surface area (Å²) < 4.78 is 0. The van der Waals surface area contributed by atoms with Gasteiger partial charge in [0.2, 0.25) is 5.91 Å². The Morgan fingerprint density at radius 3 is 2.48 bits per heavy atom. The number of nitrogens with one attached hydrogen (secondary N) is 1. The number of carbonyl (C=O) groups is 1. The maximum Gasteiger partial charge on any atom is 0.246 e. The number of hydrogen-bond acceptors (Lipinski definition) is 5. The number of likely N-dealkylation sites (N-methyl/N-ethyl adjacent to an activating group) is 1. The van der Waals surface area contributed by atoms with Crippen molar-refractivity contribution in [1.29, 1.82) is 5.26 Å². The third-order valence-electron chi connectivity index (χ3n) is 6.36. The van der Waals surface area contributed by atoms with Crippen molar-refractivity contribution in [2.75, 3.05) is 35.3 Å². The average molecular weight is 418 g/mol. The van der Waals surface area contributed by atoms with E-state index in [4.69, 9.17) is 5.26 Å². The highest BCUT2D eigenvalue weighted by atomic mass is 16.2. The second-order valence-corrected chi connectivity index (χ2v) is 8.71. The first-order chi connectivity index (χ1) is 15.2. The van der Waals surface area contributed by atoms with Crippen LogP contribution in [0.1, 0.15) is 50.6 Å². The number of benzene rings is 1. The summed E-state index contributed by atoms with van der Waals surface area (Å²) in [7, 11) is 1.77. The molecule has 1 amide bonds. The van der Waals surface area contributed by atoms with E-state index < -0.39 is 0 Å². The highest BCUT2D eigenvalue weighted by Crippen LogP contribution is 2.35. The summed E-state index contributed by atoms with van der Waals surface area (Å²) in [4.78, 5) is 20.4. The first-order valence-electron chi connectivity index (χ1n) is 11.4. The third-order valence-corrected chi connectivity index (χ3v) is 6.36. The van der Waals surface area contributed by atoms with Gasteiger partial charge in [-0.3, -0.25) is 4.79 Å². The van der Waals surface area contributed by atoms with Crippen LogP contribution in [0.15, 0.2) is 42.5 Å². The van der Waals surface area contributed by atoms with Gasteiger partial charge in [-0.25, -0.2) is 4.98 Å². The number of carbonyl (C=O) groups excluding carboxylic acids is 1. The molecule has 6 nitrogen and oxygen atoms in total. The van der Waals surface area contributed by atoms with E-state index in [9.17, 15) is 4.79 Å². The summed E-state index contributed by atoms with van der Waals surface area (Å²) in [5, 5.41) is 12.4. The molecule has 0 radical (unpaired) electrons. The van der Waals surface area contributed by atoms with Crippen LogP contribution in [0.25, 0.3) is 0 Å². The molecular formula is C25H31N5O. The number of fused-ring (bicyclic) bond motifs is 1. The van der Waals surface area contributed by atoms with Crippen LogP contribution in [-0.2, 0) is 4.79 Å². The van der Waals surface area contributed by atoms with Crippen molar-refractivity contribution in [2.24, 2.45) is 5.92 Å². The van der Waals surface area contributed by atoms with E-state index in [1.54, 1.807) is 18.0 Å². The summed E-state index contributed by atoms with van der Waals surface area (Å²) in [6.45, 7) is 1.53. The molecule has 0 unspecified atom stereocenters. The zero-order valence-corrected chi connectivity index (χ0v) is 18.3. The largest absolute Gasteiger partial charge is 0.385 e. The van der Waals surface area contributed by atoms with Gasteiger partial charge in [0.05, 0.1) is 12.2 Å². The number of nitrogens with zero attached hydrogens (tertiary/aromatic N) is 4. The minimum atomic E-state index is 0.0922. The van der Waals surface area contributed by atoms with E-state index in [2.05, 4.69) is 45.5 Å². The molecular weight excluding hydrogens is 386 g/mol. The maximum atomic E-state index is 12.2. The van der Waals surface area contributed by atoms with Crippen molar-refractivity contribution in [3.8, 4) is 6.07 Å². The molecule has 2 aromatic rings. The van der Waals surface area contributed by atoms with Crippen LogP contribution in [0, 0.1) is 17.2 Å². The summed E-state index contributed by atoms with van der Waals surface area (Å²) in [6.07, 6.45) is 8.73. The molecule has 2 saturated carbocycles. The highest BCUT2D eigenvalue weighted by Gasteiger charge is 2.33. The van der Waals surface area contributed by atoms with Gasteiger partial charge in [-0.15, -0.1) is 0 Å². The minimum Gasteiger partial charge on any atom is -0.385 e. The Bertz CT molecular complexity index is 929. The first-order valence-corrected chi connectivity index (χ1v) is 11.4. The number of rotatable bonds is 4. The van der Waals surface area contributed by atoms with Gasteiger partial charge < -0.3 is 15.1 Å². The molecule has 2 fully saturated rings. The molecule has 2 aliphatic carbocycles. The van der Waals surface area contributed by atoms with Crippen LogP contribution in [0.4, 0.5) is 17.2 Å². The third kappa shape index (κ3) is 5.35. The SMILES string of the molecule is CN1C(=O)CN(C2CCCCC2)c2nc(C#N)ccc21.c1ccc(NCC2CC2)cc1. The molecule has 0 spiro atoms. The Labute approximate surface area is 184 Å². The van der Waals surface area contributed by atoms with Crippen molar-refractivity contribution in [2.45, 2.75) is 51.0 Å². The predicted octanol–water partition coefficient (Wildman–Crippen LogP) is 4.58. The van der Waals surface area contributed by atoms with Gasteiger partial charge in [0.25, 0.3) is 0 Å². The van der Waals surface area contributed by atoms with Crippen LogP contribution in [0.5, 0.6) is 0 Å².